The third kappa shape index (κ3) is 3.98. The molecule has 0 fully saturated rings. The standard InChI is InChI=1S/C12H19NO3S2/c1-9-4-6-11(7-5-9)18(15,16)13-10(2)12(8-14)17-3/h4-7,10,12-14H,8H2,1-3H3. The first-order valence-corrected chi connectivity index (χ1v) is 8.40. The second-order valence-corrected chi connectivity index (χ2v) is 6.97. The molecule has 102 valence electrons. The van der Waals surface area contributed by atoms with Crippen LogP contribution in [0.4, 0.5) is 0 Å². The van der Waals surface area contributed by atoms with E-state index in [9.17, 15) is 8.42 Å². The highest BCUT2D eigenvalue weighted by Crippen LogP contribution is 2.15. The first kappa shape index (κ1) is 15.5. The molecule has 0 saturated carbocycles. The number of nitrogens with one attached hydrogen (secondary N) is 1. The van der Waals surface area contributed by atoms with E-state index in [1.807, 2.05) is 13.2 Å². The molecule has 1 rings (SSSR count). The number of aliphatic hydroxyl groups excluding tert-OH is 1. The van der Waals surface area contributed by atoms with Crippen LogP contribution in [-0.2, 0) is 10.0 Å². The van der Waals surface area contributed by atoms with Gasteiger partial charge in [0.2, 0.25) is 10.0 Å². The summed E-state index contributed by atoms with van der Waals surface area (Å²) >= 11 is 1.44. The maximum absolute atomic E-state index is 12.1. The van der Waals surface area contributed by atoms with Gasteiger partial charge in [0.15, 0.2) is 0 Å². The molecule has 2 unspecified atom stereocenters. The van der Waals surface area contributed by atoms with Crippen LogP contribution >= 0.6 is 11.8 Å². The lowest BCUT2D eigenvalue weighted by atomic mass is 10.2. The van der Waals surface area contributed by atoms with Crippen molar-refractivity contribution in [1.82, 2.24) is 4.72 Å². The highest BCUT2D eigenvalue weighted by atomic mass is 32.2. The van der Waals surface area contributed by atoms with Gasteiger partial charge in [0.25, 0.3) is 0 Å². The Hall–Kier alpha value is -0.560. The Morgan fingerprint density at radius 3 is 2.33 bits per heavy atom. The molecule has 0 aliphatic carbocycles. The van der Waals surface area contributed by atoms with E-state index in [0.717, 1.165) is 5.56 Å². The normalized spacial score (nSPS) is 15.3. The molecule has 0 saturated heterocycles. The van der Waals surface area contributed by atoms with Crippen LogP contribution in [0.2, 0.25) is 0 Å². The highest BCUT2D eigenvalue weighted by Gasteiger charge is 2.22. The van der Waals surface area contributed by atoms with Crippen molar-refractivity contribution >= 4 is 21.8 Å². The lowest BCUT2D eigenvalue weighted by molar-refractivity contribution is 0.282. The summed E-state index contributed by atoms with van der Waals surface area (Å²) in [7, 11) is -3.52. The minimum Gasteiger partial charge on any atom is -0.395 e. The summed E-state index contributed by atoms with van der Waals surface area (Å²) in [5.74, 6) is 0. The van der Waals surface area contributed by atoms with E-state index in [-0.39, 0.29) is 22.8 Å². The van der Waals surface area contributed by atoms with Crippen LogP contribution < -0.4 is 4.72 Å². The molecular weight excluding hydrogens is 270 g/mol. The van der Waals surface area contributed by atoms with Crippen LogP contribution in [0.5, 0.6) is 0 Å². The van der Waals surface area contributed by atoms with Gasteiger partial charge in [-0.15, -0.1) is 0 Å². The predicted octanol–water partition coefficient (Wildman–Crippen LogP) is 1.39. The van der Waals surface area contributed by atoms with E-state index >= 15 is 0 Å². The highest BCUT2D eigenvalue weighted by molar-refractivity contribution is 7.99. The molecule has 0 spiro atoms. The molecule has 2 atom stereocenters. The minimum absolute atomic E-state index is 0.0568. The number of sulfonamides is 1. The van der Waals surface area contributed by atoms with Crippen molar-refractivity contribution in [1.29, 1.82) is 0 Å². The molecule has 0 aliphatic rings. The van der Waals surface area contributed by atoms with Gasteiger partial charge in [0.1, 0.15) is 0 Å². The van der Waals surface area contributed by atoms with Crippen molar-refractivity contribution < 1.29 is 13.5 Å². The van der Waals surface area contributed by atoms with Gasteiger partial charge in [-0.2, -0.15) is 11.8 Å². The first-order valence-electron chi connectivity index (χ1n) is 5.63. The van der Waals surface area contributed by atoms with E-state index in [4.69, 9.17) is 5.11 Å². The molecular formula is C12H19NO3S2. The summed E-state index contributed by atoms with van der Waals surface area (Å²) < 4.78 is 26.8. The SMILES string of the molecule is CSC(CO)C(C)NS(=O)(=O)c1ccc(C)cc1. The number of hydrogen-bond donors (Lipinski definition) is 2. The van der Waals surface area contributed by atoms with Gasteiger partial charge in [-0.3, -0.25) is 0 Å². The van der Waals surface area contributed by atoms with Gasteiger partial charge in [-0.1, -0.05) is 17.7 Å². The third-order valence-electron chi connectivity index (χ3n) is 2.71. The molecule has 1 aromatic carbocycles. The maximum Gasteiger partial charge on any atom is 0.240 e. The quantitative estimate of drug-likeness (QED) is 0.830. The maximum atomic E-state index is 12.1. The van der Waals surface area contributed by atoms with Gasteiger partial charge in [0, 0.05) is 11.3 Å². The van der Waals surface area contributed by atoms with E-state index in [2.05, 4.69) is 4.72 Å². The lowest BCUT2D eigenvalue weighted by Crippen LogP contribution is -2.41. The van der Waals surface area contributed by atoms with Crippen molar-refractivity contribution in [3.05, 3.63) is 29.8 Å². The predicted molar refractivity (Wildman–Crippen MR) is 75.4 cm³/mol. The summed E-state index contributed by atoms with van der Waals surface area (Å²) in [4.78, 5) is 0.248. The third-order valence-corrected chi connectivity index (χ3v) is 5.45. The summed E-state index contributed by atoms with van der Waals surface area (Å²) in [6.45, 7) is 3.60. The van der Waals surface area contributed by atoms with Crippen LogP contribution in [0.1, 0.15) is 12.5 Å². The van der Waals surface area contributed by atoms with Crippen molar-refractivity contribution in [2.75, 3.05) is 12.9 Å². The van der Waals surface area contributed by atoms with Gasteiger partial charge in [-0.25, -0.2) is 13.1 Å². The minimum atomic E-state index is -3.52. The molecule has 4 nitrogen and oxygen atoms in total. The fraction of sp³-hybridized carbons (Fsp3) is 0.500. The second-order valence-electron chi connectivity index (χ2n) is 4.18. The van der Waals surface area contributed by atoms with Crippen molar-refractivity contribution in [3.8, 4) is 0 Å². The molecule has 6 heteroatoms. The lowest BCUT2D eigenvalue weighted by Gasteiger charge is -2.21. The van der Waals surface area contributed by atoms with Crippen LogP contribution in [-0.4, -0.2) is 37.7 Å². The Kier molecular flexibility index (Phi) is 5.65. The van der Waals surface area contributed by atoms with Gasteiger partial charge >= 0.3 is 0 Å². The molecule has 0 bridgehead atoms. The van der Waals surface area contributed by atoms with Gasteiger partial charge < -0.3 is 5.11 Å². The average molecular weight is 289 g/mol. The molecule has 0 amide bonds. The van der Waals surface area contributed by atoms with E-state index in [0.29, 0.717) is 0 Å². The first-order chi connectivity index (χ1) is 8.40. The van der Waals surface area contributed by atoms with Crippen LogP contribution in [0, 0.1) is 6.92 Å². The van der Waals surface area contributed by atoms with Crippen LogP contribution in [0.15, 0.2) is 29.2 Å². The Morgan fingerprint density at radius 2 is 1.89 bits per heavy atom. The molecule has 18 heavy (non-hydrogen) atoms. The Bertz CT molecular complexity index is 467. The Morgan fingerprint density at radius 1 is 1.33 bits per heavy atom. The van der Waals surface area contributed by atoms with Crippen LogP contribution in [0.25, 0.3) is 0 Å². The summed E-state index contributed by atoms with van der Waals surface area (Å²) in [6.07, 6.45) is 1.84. The number of rotatable bonds is 6. The molecule has 0 heterocycles. The van der Waals surface area contributed by atoms with Crippen molar-refractivity contribution in [2.45, 2.75) is 30.0 Å². The molecule has 0 aliphatic heterocycles. The fourth-order valence-electron chi connectivity index (χ4n) is 1.54. The van der Waals surface area contributed by atoms with Gasteiger partial charge in [-0.05, 0) is 32.2 Å². The fourth-order valence-corrected chi connectivity index (χ4v) is 3.54. The Labute approximate surface area is 113 Å². The van der Waals surface area contributed by atoms with Crippen molar-refractivity contribution in [2.24, 2.45) is 0 Å². The van der Waals surface area contributed by atoms with E-state index in [1.165, 1.54) is 11.8 Å². The Balaban J connectivity index is 2.85. The van der Waals surface area contributed by atoms with Crippen LogP contribution in [0.3, 0.4) is 0 Å². The van der Waals surface area contributed by atoms with E-state index in [1.54, 1.807) is 31.2 Å². The zero-order valence-corrected chi connectivity index (χ0v) is 12.4. The molecule has 0 radical (unpaired) electrons. The average Bonchev–Trinajstić information content (AvgIpc) is 2.30. The number of aliphatic hydroxyl groups is 1. The largest absolute Gasteiger partial charge is 0.395 e. The number of hydrogen-bond acceptors (Lipinski definition) is 4. The smallest absolute Gasteiger partial charge is 0.240 e. The molecule has 0 aromatic heterocycles. The van der Waals surface area contributed by atoms with E-state index < -0.39 is 10.0 Å². The molecule has 2 N–H and O–H groups in total. The number of aryl methyl sites for hydroxylation is 1. The summed E-state index contributed by atoms with van der Waals surface area (Å²) in [5, 5.41) is 9.00. The summed E-state index contributed by atoms with van der Waals surface area (Å²) in [6, 6.07) is 6.36. The number of thioether (sulfide) groups is 1. The second kappa shape index (κ2) is 6.56. The zero-order chi connectivity index (χ0) is 13.8. The monoisotopic (exact) mass is 289 g/mol. The topological polar surface area (TPSA) is 66.4 Å². The van der Waals surface area contributed by atoms with Crippen molar-refractivity contribution in [3.63, 3.8) is 0 Å². The molecule has 1 aromatic rings. The zero-order valence-electron chi connectivity index (χ0n) is 10.8. The van der Waals surface area contributed by atoms with Gasteiger partial charge in [0.05, 0.1) is 11.5 Å². The summed E-state index contributed by atoms with van der Waals surface area (Å²) in [5.41, 5.74) is 1.01. The number of benzene rings is 1.